The summed E-state index contributed by atoms with van der Waals surface area (Å²) in [4.78, 5) is 3.34. The average molecular weight is 299 g/mol. The van der Waals surface area contributed by atoms with Gasteiger partial charge in [0.15, 0.2) is 0 Å². The number of aromatic nitrogens is 1. The molecular weight excluding hydrogens is 274 g/mol. The summed E-state index contributed by atoms with van der Waals surface area (Å²) in [6.45, 7) is 6.36. The normalized spacial score (nSPS) is 17.9. The quantitative estimate of drug-likeness (QED) is 0.643. The molecule has 0 spiro atoms. The van der Waals surface area contributed by atoms with Gasteiger partial charge in [-0.05, 0) is 37.3 Å². The number of H-pyrrole nitrogens is 1. The second kappa shape index (κ2) is 6.28. The molecule has 1 aromatic rings. The molecule has 3 N–H and O–H groups in total. The Bertz CT molecular complexity index is 532. The molecule has 2 rings (SSSR count). The molecule has 1 heterocycles. The van der Waals surface area contributed by atoms with E-state index in [-0.39, 0.29) is 5.41 Å². The van der Waals surface area contributed by atoms with Crippen molar-refractivity contribution in [2.75, 3.05) is 13.1 Å². The zero-order chi connectivity index (χ0) is 14.6. The maximum Gasteiger partial charge on any atom is 0.242 e. The number of hydrogen-bond acceptors (Lipinski definition) is 3. The van der Waals surface area contributed by atoms with Crippen LogP contribution >= 0.6 is 0 Å². The Balaban J connectivity index is 1.91. The van der Waals surface area contributed by atoms with Crippen LogP contribution in [-0.2, 0) is 16.6 Å². The first-order valence-electron chi connectivity index (χ1n) is 7.33. The Labute approximate surface area is 121 Å². The van der Waals surface area contributed by atoms with Gasteiger partial charge in [0.25, 0.3) is 0 Å². The van der Waals surface area contributed by atoms with E-state index in [9.17, 15) is 8.42 Å². The van der Waals surface area contributed by atoms with E-state index in [0.717, 1.165) is 31.5 Å². The van der Waals surface area contributed by atoms with E-state index in [2.05, 4.69) is 28.9 Å². The molecule has 1 aromatic heterocycles. The Kier molecular flexibility index (Phi) is 4.88. The number of aromatic amines is 1. The Hall–Kier alpha value is -0.850. The minimum atomic E-state index is -3.39. The van der Waals surface area contributed by atoms with Gasteiger partial charge in [-0.3, -0.25) is 0 Å². The van der Waals surface area contributed by atoms with E-state index >= 15 is 0 Å². The van der Waals surface area contributed by atoms with Crippen molar-refractivity contribution in [2.45, 2.75) is 51.0 Å². The molecule has 20 heavy (non-hydrogen) atoms. The molecule has 0 bridgehead atoms. The summed E-state index contributed by atoms with van der Waals surface area (Å²) in [5.74, 6) is 0. The fourth-order valence-corrected chi connectivity index (χ4v) is 3.60. The van der Waals surface area contributed by atoms with Crippen LogP contribution < -0.4 is 10.0 Å². The van der Waals surface area contributed by atoms with Gasteiger partial charge in [0, 0.05) is 25.0 Å². The Morgan fingerprint density at radius 1 is 1.40 bits per heavy atom. The maximum absolute atomic E-state index is 12.2. The third-order valence-electron chi connectivity index (χ3n) is 4.02. The highest BCUT2D eigenvalue weighted by Gasteiger charge is 2.33. The first-order valence-corrected chi connectivity index (χ1v) is 8.81. The number of rotatable bonds is 8. The second-order valence-corrected chi connectivity index (χ2v) is 7.79. The average Bonchev–Trinajstić information content (AvgIpc) is 2.84. The van der Waals surface area contributed by atoms with E-state index in [0.29, 0.717) is 18.0 Å². The SMILES string of the molecule is CCCNCc1cc(S(=O)(=O)NCC2(C)CCC2)c[nH]1. The first kappa shape index (κ1) is 15.5. The standard InChI is InChI=1S/C14H25N3O2S/c1-3-7-15-9-12-8-13(10-16-12)20(18,19)17-11-14(2)5-4-6-14/h8,10,15-17H,3-7,9,11H2,1-2H3. The smallest absolute Gasteiger partial charge is 0.242 e. The number of hydrogen-bond donors (Lipinski definition) is 3. The van der Waals surface area contributed by atoms with Crippen molar-refractivity contribution in [3.8, 4) is 0 Å². The molecule has 6 heteroatoms. The van der Waals surface area contributed by atoms with Crippen LogP contribution in [0, 0.1) is 5.41 Å². The van der Waals surface area contributed by atoms with Gasteiger partial charge >= 0.3 is 0 Å². The van der Waals surface area contributed by atoms with Gasteiger partial charge in [-0.15, -0.1) is 0 Å². The summed E-state index contributed by atoms with van der Waals surface area (Å²) < 4.78 is 27.2. The summed E-state index contributed by atoms with van der Waals surface area (Å²) in [5, 5.41) is 3.24. The zero-order valence-corrected chi connectivity index (χ0v) is 13.1. The topological polar surface area (TPSA) is 74.0 Å². The Morgan fingerprint density at radius 3 is 2.75 bits per heavy atom. The van der Waals surface area contributed by atoms with Crippen molar-refractivity contribution in [3.05, 3.63) is 18.0 Å². The predicted molar refractivity (Wildman–Crippen MR) is 79.9 cm³/mol. The van der Waals surface area contributed by atoms with Gasteiger partial charge in [-0.2, -0.15) is 0 Å². The van der Waals surface area contributed by atoms with Crippen molar-refractivity contribution < 1.29 is 8.42 Å². The van der Waals surface area contributed by atoms with Crippen LogP contribution in [0.1, 0.15) is 45.2 Å². The fraction of sp³-hybridized carbons (Fsp3) is 0.714. The van der Waals surface area contributed by atoms with Gasteiger partial charge in [0.1, 0.15) is 0 Å². The maximum atomic E-state index is 12.2. The highest BCUT2D eigenvalue weighted by atomic mass is 32.2. The predicted octanol–water partition coefficient (Wildman–Crippen LogP) is 1.98. The molecular formula is C14H25N3O2S. The third-order valence-corrected chi connectivity index (χ3v) is 5.40. The molecule has 0 aliphatic heterocycles. The van der Waals surface area contributed by atoms with E-state index in [1.807, 2.05) is 0 Å². The van der Waals surface area contributed by atoms with E-state index in [4.69, 9.17) is 0 Å². The molecule has 0 radical (unpaired) electrons. The second-order valence-electron chi connectivity index (χ2n) is 6.03. The zero-order valence-electron chi connectivity index (χ0n) is 12.3. The highest BCUT2D eigenvalue weighted by Crippen LogP contribution is 2.39. The molecule has 5 nitrogen and oxygen atoms in total. The van der Waals surface area contributed by atoms with Crippen molar-refractivity contribution >= 4 is 10.0 Å². The van der Waals surface area contributed by atoms with E-state index in [1.165, 1.54) is 6.42 Å². The summed E-state index contributed by atoms with van der Waals surface area (Å²) in [7, 11) is -3.39. The lowest BCUT2D eigenvalue weighted by molar-refractivity contribution is 0.166. The summed E-state index contributed by atoms with van der Waals surface area (Å²) in [6.07, 6.45) is 6.04. The van der Waals surface area contributed by atoms with Gasteiger partial charge < -0.3 is 10.3 Å². The molecule has 1 aliphatic carbocycles. The van der Waals surface area contributed by atoms with Crippen LogP contribution in [0.15, 0.2) is 17.2 Å². The highest BCUT2D eigenvalue weighted by molar-refractivity contribution is 7.89. The van der Waals surface area contributed by atoms with Gasteiger partial charge in [0.2, 0.25) is 10.0 Å². The van der Waals surface area contributed by atoms with E-state index in [1.54, 1.807) is 12.3 Å². The lowest BCUT2D eigenvalue weighted by Crippen LogP contribution is -2.39. The monoisotopic (exact) mass is 299 g/mol. The minimum absolute atomic E-state index is 0.148. The molecule has 1 saturated carbocycles. The van der Waals surface area contributed by atoms with Crippen LogP contribution in [0.25, 0.3) is 0 Å². The van der Waals surface area contributed by atoms with Gasteiger partial charge in [-0.1, -0.05) is 20.3 Å². The van der Waals surface area contributed by atoms with Crippen LogP contribution in [0.2, 0.25) is 0 Å². The van der Waals surface area contributed by atoms with Crippen LogP contribution in [0.3, 0.4) is 0 Å². The molecule has 0 aromatic carbocycles. The lowest BCUT2D eigenvalue weighted by atomic mass is 9.71. The minimum Gasteiger partial charge on any atom is -0.363 e. The Morgan fingerprint density at radius 2 is 2.15 bits per heavy atom. The third kappa shape index (κ3) is 3.84. The lowest BCUT2D eigenvalue weighted by Gasteiger charge is -2.38. The largest absolute Gasteiger partial charge is 0.363 e. The van der Waals surface area contributed by atoms with Crippen molar-refractivity contribution in [1.82, 2.24) is 15.0 Å². The van der Waals surface area contributed by atoms with Crippen molar-refractivity contribution in [1.29, 1.82) is 0 Å². The van der Waals surface area contributed by atoms with Crippen LogP contribution in [-0.4, -0.2) is 26.5 Å². The number of nitrogens with one attached hydrogen (secondary N) is 3. The van der Waals surface area contributed by atoms with Crippen LogP contribution in [0.5, 0.6) is 0 Å². The van der Waals surface area contributed by atoms with E-state index < -0.39 is 10.0 Å². The first-order chi connectivity index (χ1) is 9.45. The van der Waals surface area contributed by atoms with Crippen molar-refractivity contribution in [3.63, 3.8) is 0 Å². The molecule has 0 amide bonds. The summed E-state index contributed by atoms with van der Waals surface area (Å²) in [6, 6.07) is 1.70. The van der Waals surface area contributed by atoms with Crippen molar-refractivity contribution in [2.24, 2.45) is 5.41 Å². The fourth-order valence-electron chi connectivity index (χ4n) is 2.39. The molecule has 1 fully saturated rings. The summed E-state index contributed by atoms with van der Waals surface area (Å²) in [5.41, 5.74) is 1.04. The van der Waals surface area contributed by atoms with Crippen LogP contribution in [0.4, 0.5) is 0 Å². The number of sulfonamides is 1. The van der Waals surface area contributed by atoms with Gasteiger partial charge in [0.05, 0.1) is 4.90 Å². The molecule has 1 aliphatic rings. The van der Waals surface area contributed by atoms with Gasteiger partial charge in [-0.25, -0.2) is 13.1 Å². The molecule has 114 valence electrons. The molecule has 0 atom stereocenters. The summed E-state index contributed by atoms with van der Waals surface area (Å²) >= 11 is 0. The molecule has 0 unspecified atom stereocenters. The molecule has 0 saturated heterocycles.